The van der Waals surface area contributed by atoms with Crippen molar-refractivity contribution in [2.24, 2.45) is 0 Å². The first kappa shape index (κ1) is 12.4. The summed E-state index contributed by atoms with van der Waals surface area (Å²) >= 11 is 0. The molecule has 4 nitrogen and oxygen atoms in total. The Balaban J connectivity index is 2.68. The van der Waals surface area contributed by atoms with Gasteiger partial charge in [0.25, 0.3) is 0 Å². The number of carboxylic acid groups (broad SMARTS) is 1. The molecule has 0 spiro atoms. The van der Waals surface area contributed by atoms with Gasteiger partial charge in [0.1, 0.15) is 6.10 Å². The lowest BCUT2D eigenvalue weighted by Crippen LogP contribution is -2.17. The lowest BCUT2D eigenvalue weighted by molar-refractivity contribution is -0.138. The van der Waals surface area contributed by atoms with Crippen LogP contribution in [0.25, 0.3) is 0 Å². The molecule has 0 saturated carbocycles. The Bertz CT molecular complexity index is 349. The van der Waals surface area contributed by atoms with Gasteiger partial charge in [0.05, 0.1) is 13.0 Å². The Hall–Kier alpha value is -1.71. The Morgan fingerprint density at radius 3 is 2.56 bits per heavy atom. The summed E-state index contributed by atoms with van der Waals surface area (Å²) in [5.41, 5.74) is 0. The molecule has 0 unspecified atom stereocenters. The molecule has 0 bridgehead atoms. The Morgan fingerprint density at radius 2 is 2.00 bits per heavy atom. The number of hydrogen-bond acceptors (Lipinski definition) is 3. The molecule has 0 radical (unpaired) electrons. The molecule has 0 aromatic heterocycles. The zero-order valence-electron chi connectivity index (χ0n) is 9.47. The van der Waals surface area contributed by atoms with E-state index >= 15 is 0 Å². The predicted octanol–water partition coefficient (Wildman–Crippen LogP) is 2.33. The van der Waals surface area contributed by atoms with Crippen molar-refractivity contribution in [1.29, 1.82) is 0 Å². The minimum absolute atomic E-state index is 0.0273. The number of rotatable bonds is 6. The van der Waals surface area contributed by atoms with Crippen LogP contribution in [0, 0.1) is 0 Å². The van der Waals surface area contributed by atoms with Gasteiger partial charge in [0.15, 0.2) is 11.5 Å². The Kier molecular flexibility index (Phi) is 4.64. The van der Waals surface area contributed by atoms with Crippen molar-refractivity contribution in [3.05, 3.63) is 24.3 Å². The Labute approximate surface area is 94.8 Å². The van der Waals surface area contributed by atoms with Gasteiger partial charge in [-0.2, -0.15) is 0 Å². The molecule has 1 rings (SSSR count). The van der Waals surface area contributed by atoms with E-state index in [1.165, 1.54) is 0 Å². The monoisotopic (exact) mass is 224 g/mol. The molecule has 0 heterocycles. The summed E-state index contributed by atoms with van der Waals surface area (Å²) < 4.78 is 10.9. The summed E-state index contributed by atoms with van der Waals surface area (Å²) in [6, 6.07) is 7.24. The molecule has 0 saturated heterocycles. The topological polar surface area (TPSA) is 55.8 Å². The van der Waals surface area contributed by atoms with Crippen LogP contribution in [0.1, 0.15) is 20.3 Å². The van der Waals surface area contributed by atoms with Gasteiger partial charge in [-0.3, -0.25) is 4.79 Å². The molecule has 88 valence electrons. The summed E-state index contributed by atoms with van der Waals surface area (Å²) in [6.45, 7) is 4.15. The number of ether oxygens (including phenoxy) is 2. The van der Waals surface area contributed by atoms with Crippen molar-refractivity contribution in [3.63, 3.8) is 0 Å². The van der Waals surface area contributed by atoms with E-state index in [1.54, 1.807) is 19.1 Å². The van der Waals surface area contributed by atoms with Crippen molar-refractivity contribution in [2.45, 2.75) is 26.4 Å². The number of hydrogen-bond donors (Lipinski definition) is 1. The second-order valence-corrected chi connectivity index (χ2v) is 3.41. The van der Waals surface area contributed by atoms with Gasteiger partial charge in [0, 0.05) is 0 Å². The maximum atomic E-state index is 10.5. The molecule has 1 N–H and O–H groups in total. The first-order chi connectivity index (χ1) is 7.63. The highest BCUT2D eigenvalue weighted by Gasteiger charge is 2.11. The number of para-hydroxylation sites is 2. The Morgan fingerprint density at radius 1 is 1.38 bits per heavy atom. The minimum atomic E-state index is -0.874. The molecule has 0 amide bonds. The molecule has 0 aliphatic heterocycles. The maximum absolute atomic E-state index is 10.5. The fourth-order valence-electron chi connectivity index (χ4n) is 1.33. The van der Waals surface area contributed by atoms with Crippen LogP contribution in [0.4, 0.5) is 0 Å². The molecule has 0 aliphatic rings. The quantitative estimate of drug-likeness (QED) is 0.805. The maximum Gasteiger partial charge on any atom is 0.307 e. The van der Waals surface area contributed by atoms with E-state index in [4.69, 9.17) is 14.6 Å². The normalized spacial score (nSPS) is 11.9. The third-order valence-electron chi connectivity index (χ3n) is 1.94. The number of carboxylic acids is 1. The average Bonchev–Trinajstić information content (AvgIpc) is 2.20. The molecule has 1 aromatic rings. The smallest absolute Gasteiger partial charge is 0.307 e. The SMILES string of the molecule is CCOc1ccccc1O[C@H](C)CC(=O)O. The van der Waals surface area contributed by atoms with Crippen LogP contribution in [0.15, 0.2) is 24.3 Å². The molecule has 0 fully saturated rings. The summed E-state index contributed by atoms with van der Waals surface area (Å²) in [4.78, 5) is 10.5. The van der Waals surface area contributed by atoms with Crippen molar-refractivity contribution < 1.29 is 19.4 Å². The highest BCUT2D eigenvalue weighted by Crippen LogP contribution is 2.27. The second kappa shape index (κ2) is 6.00. The molecule has 1 atom stereocenters. The largest absolute Gasteiger partial charge is 0.490 e. The van der Waals surface area contributed by atoms with E-state index < -0.39 is 5.97 Å². The van der Waals surface area contributed by atoms with Gasteiger partial charge < -0.3 is 14.6 Å². The van der Waals surface area contributed by atoms with Crippen molar-refractivity contribution in [3.8, 4) is 11.5 Å². The van der Waals surface area contributed by atoms with E-state index in [0.717, 1.165) is 0 Å². The first-order valence-corrected chi connectivity index (χ1v) is 5.23. The van der Waals surface area contributed by atoms with Crippen LogP contribution in [-0.4, -0.2) is 23.8 Å². The molecular formula is C12H16O4. The van der Waals surface area contributed by atoms with E-state index in [-0.39, 0.29) is 12.5 Å². The fourth-order valence-corrected chi connectivity index (χ4v) is 1.33. The number of carbonyl (C=O) groups is 1. The fraction of sp³-hybridized carbons (Fsp3) is 0.417. The molecule has 0 aliphatic carbocycles. The zero-order valence-corrected chi connectivity index (χ0v) is 9.47. The molecular weight excluding hydrogens is 208 g/mol. The van der Waals surface area contributed by atoms with Gasteiger partial charge in [0.2, 0.25) is 0 Å². The first-order valence-electron chi connectivity index (χ1n) is 5.23. The predicted molar refractivity (Wildman–Crippen MR) is 60.0 cm³/mol. The van der Waals surface area contributed by atoms with Gasteiger partial charge >= 0.3 is 5.97 Å². The van der Waals surface area contributed by atoms with Crippen LogP contribution < -0.4 is 9.47 Å². The highest BCUT2D eigenvalue weighted by atomic mass is 16.5. The highest BCUT2D eigenvalue weighted by molar-refractivity contribution is 5.67. The second-order valence-electron chi connectivity index (χ2n) is 3.41. The summed E-state index contributed by atoms with van der Waals surface area (Å²) in [6.07, 6.45) is -0.403. The van der Waals surface area contributed by atoms with Crippen LogP contribution in [0.3, 0.4) is 0 Å². The van der Waals surface area contributed by atoms with Gasteiger partial charge in [-0.25, -0.2) is 0 Å². The average molecular weight is 224 g/mol. The number of aliphatic carboxylic acids is 1. The van der Waals surface area contributed by atoms with Crippen molar-refractivity contribution >= 4 is 5.97 Å². The van der Waals surface area contributed by atoms with Gasteiger partial charge in [-0.15, -0.1) is 0 Å². The van der Waals surface area contributed by atoms with Crippen molar-refractivity contribution in [1.82, 2.24) is 0 Å². The van der Waals surface area contributed by atoms with Crippen LogP contribution in [-0.2, 0) is 4.79 Å². The van der Waals surface area contributed by atoms with E-state index in [9.17, 15) is 4.79 Å². The summed E-state index contributed by atoms with van der Waals surface area (Å²) in [7, 11) is 0. The van der Waals surface area contributed by atoms with Gasteiger partial charge in [-0.05, 0) is 26.0 Å². The lowest BCUT2D eigenvalue weighted by Gasteiger charge is -2.15. The molecule has 4 heteroatoms. The standard InChI is InChI=1S/C12H16O4/c1-3-15-10-6-4-5-7-11(10)16-9(2)8-12(13)14/h4-7,9H,3,8H2,1-2H3,(H,13,14)/t9-/m1/s1. The van der Waals surface area contributed by atoms with E-state index in [1.807, 2.05) is 19.1 Å². The van der Waals surface area contributed by atoms with Crippen LogP contribution in [0.2, 0.25) is 0 Å². The van der Waals surface area contributed by atoms with Crippen LogP contribution in [0.5, 0.6) is 11.5 Å². The lowest BCUT2D eigenvalue weighted by atomic mass is 10.2. The van der Waals surface area contributed by atoms with E-state index in [2.05, 4.69) is 0 Å². The van der Waals surface area contributed by atoms with Gasteiger partial charge in [-0.1, -0.05) is 12.1 Å². The van der Waals surface area contributed by atoms with Crippen LogP contribution >= 0.6 is 0 Å². The third kappa shape index (κ3) is 3.81. The molecule has 1 aromatic carbocycles. The summed E-state index contributed by atoms with van der Waals surface area (Å²) in [5.74, 6) is 0.349. The number of benzene rings is 1. The molecule has 16 heavy (non-hydrogen) atoms. The van der Waals surface area contributed by atoms with E-state index in [0.29, 0.717) is 18.1 Å². The third-order valence-corrected chi connectivity index (χ3v) is 1.94. The minimum Gasteiger partial charge on any atom is -0.490 e. The summed E-state index contributed by atoms with van der Waals surface area (Å²) in [5, 5.41) is 8.62. The zero-order chi connectivity index (χ0) is 12.0. The van der Waals surface area contributed by atoms with Crippen molar-refractivity contribution in [2.75, 3.05) is 6.61 Å².